The Bertz CT molecular complexity index is 477. The van der Waals surface area contributed by atoms with E-state index in [1.54, 1.807) is 11.6 Å². The van der Waals surface area contributed by atoms with Gasteiger partial charge < -0.3 is 19.7 Å². The lowest BCUT2D eigenvalue weighted by Crippen LogP contribution is -2.46. The van der Waals surface area contributed by atoms with E-state index in [4.69, 9.17) is 4.74 Å². The summed E-state index contributed by atoms with van der Waals surface area (Å²) in [7, 11) is 1.71. The van der Waals surface area contributed by atoms with E-state index >= 15 is 0 Å². The van der Waals surface area contributed by atoms with Crippen molar-refractivity contribution in [2.75, 3.05) is 19.8 Å². The van der Waals surface area contributed by atoms with Crippen molar-refractivity contribution in [2.24, 2.45) is 12.5 Å². The van der Waals surface area contributed by atoms with E-state index in [9.17, 15) is 14.7 Å². The standard InChI is InChI=1S/C12H17N3O4/c1-15-8-13-6-9(15)10(16)14-7-12(11(17)18)2-4-19-5-3-12/h6,8H,2-5,7H2,1H3,(H,14,16)(H,17,18). The van der Waals surface area contributed by atoms with Crippen molar-refractivity contribution in [1.29, 1.82) is 0 Å². The summed E-state index contributed by atoms with van der Waals surface area (Å²) in [5, 5.41) is 12.0. The minimum atomic E-state index is -0.924. The predicted molar refractivity (Wildman–Crippen MR) is 65.7 cm³/mol. The van der Waals surface area contributed by atoms with Crippen LogP contribution in [0.25, 0.3) is 0 Å². The third-order valence-electron chi connectivity index (χ3n) is 3.54. The molecule has 0 bridgehead atoms. The van der Waals surface area contributed by atoms with E-state index in [0.717, 1.165) is 0 Å². The summed E-state index contributed by atoms with van der Waals surface area (Å²) in [6.45, 7) is 0.928. The highest BCUT2D eigenvalue weighted by atomic mass is 16.5. The van der Waals surface area contributed by atoms with Gasteiger partial charge >= 0.3 is 5.97 Å². The lowest BCUT2D eigenvalue weighted by Gasteiger charge is -2.33. The lowest BCUT2D eigenvalue weighted by molar-refractivity contribution is -0.154. The molecule has 1 aromatic heterocycles. The number of hydrogen-bond acceptors (Lipinski definition) is 4. The molecule has 0 unspecified atom stereocenters. The molecule has 0 aliphatic carbocycles. The first-order chi connectivity index (χ1) is 9.05. The molecule has 0 radical (unpaired) electrons. The SMILES string of the molecule is Cn1cncc1C(=O)NCC1(C(=O)O)CCOCC1. The number of amides is 1. The van der Waals surface area contributed by atoms with Crippen molar-refractivity contribution in [3.8, 4) is 0 Å². The van der Waals surface area contributed by atoms with Gasteiger partial charge in [-0.3, -0.25) is 9.59 Å². The van der Waals surface area contributed by atoms with Crippen molar-refractivity contribution in [2.45, 2.75) is 12.8 Å². The largest absolute Gasteiger partial charge is 0.481 e. The minimum Gasteiger partial charge on any atom is -0.481 e. The van der Waals surface area contributed by atoms with E-state index < -0.39 is 11.4 Å². The monoisotopic (exact) mass is 267 g/mol. The molecular formula is C12H17N3O4. The molecule has 1 aliphatic rings. The van der Waals surface area contributed by atoms with Crippen LogP contribution in [0.15, 0.2) is 12.5 Å². The minimum absolute atomic E-state index is 0.107. The Morgan fingerprint density at radius 2 is 2.21 bits per heavy atom. The molecule has 1 saturated heterocycles. The Kier molecular flexibility index (Phi) is 3.84. The third-order valence-corrected chi connectivity index (χ3v) is 3.54. The van der Waals surface area contributed by atoms with Crippen LogP contribution in [0.3, 0.4) is 0 Å². The van der Waals surface area contributed by atoms with Crippen molar-refractivity contribution >= 4 is 11.9 Å². The molecule has 1 aromatic rings. The number of nitrogens with zero attached hydrogens (tertiary/aromatic N) is 2. The maximum Gasteiger partial charge on any atom is 0.311 e. The van der Waals surface area contributed by atoms with Gasteiger partial charge in [-0.15, -0.1) is 0 Å². The average molecular weight is 267 g/mol. The number of nitrogens with one attached hydrogen (secondary N) is 1. The maximum atomic E-state index is 11.9. The number of carbonyl (C=O) groups is 2. The summed E-state index contributed by atoms with van der Waals surface area (Å²) in [5.74, 6) is -1.20. The molecule has 0 saturated carbocycles. The molecule has 7 nitrogen and oxygen atoms in total. The van der Waals surface area contributed by atoms with Crippen molar-refractivity contribution in [3.05, 3.63) is 18.2 Å². The van der Waals surface area contributed by atoms with Gasteiger partial charge in [-0.1, -0.05) is 0 Å². The van der Waals surface area contributed by atoms with Gasteiger partial charge in [0.15, 0.2) is 0 Å². The molecule has 1 fully saturated rings. The smallest absolute Gasteiger partial charge is 0.311 e. The summed E-state index contributed by atoms with van der Waals surface area (Å²) in [5.41, 5.74) is -0.514. The molecule has 1 amide bonds. The zero-order chi connectivity index (χ0) is 13.9. The quantitative estimate of drug-likeness (QED) is 0.803. The summed E-state index contributed by atoms with van der Waals surface area (Å²) >= 11 is 0. The third kappa shape index (κ3) is 2.76. The van der Waals surface area contributed by atoms with Crippen molar-refractivity contribution in [1.82, 2.24) is 14.9 Å². The predicted octanol–water partition coefficient (Wildman–Crippen LogP) is 0.0313. The average Bonchev–Trinajstić information content (AvgIpc) is 2.83. The van der Waals surface area contributed by atoms with Crippen LogP contribution in [-0.4, -0.2) is 46.3 Å². The highest BCUT2D eigenvalue weighted by Gasteiger charge is 2.40. The van der Waals surface area contributed by atoms with E-state index in [0.29, 0.717) is 31.7 Å². The summed E-state index contributed by atoms with van der Waals surface area (Å²) in [6.07, 6.45) is 3.80. The number of aliphatic carboxylic acids is 1. The molecule has 2 heterocycles. The highest BCUT2D eigenvalue weighted by Crippen LogP contribution is 2.30. The second-order valence-corrected chi connectivity index (χ2v) is 4.77. The Labute approximate surface area is 110 Å². The van der Waals surface area contributed by atoms with Gasteiger partial charge in [0.25, 0.3) is 5.91 Å². The number of aromatic nitrogens is 2. The van der Waals surface area contributed by atoms with Gasteiger partial charge in [0.1, 0.15) is 5.69 Å². The zero-order valence-corrected chi connectivity index (χ0v) is 10.8. The topological polar surface area (TPSA) is 93.5 Å². The molecule has 19 heavy (non-hydrogen) atoms. The van der Waals surface area contributed by atoms with Crippen molar-refractivity contribution in [3.63, 3.8) is 0 Å². The Hall–Kier alpha value is -1.89. The molecule has 0 spiro atoms. The second-order valence-electron chi connectivity index (χ2n) is 4.77. The lowest BCUT2D eigenvalue weighted by atomic mass is 9.80. The van der Waals surface area contributed by atoms with Crippen LogP contribution in [0.4, 0.5) is 0 Å². The highest BCUT2D eigenvalue weighted by molar-refractivity contribution is 5.92. The van der Waals surface area contributed by atoms with E-state index in [1.807, 2.05) is 0 Å². The molecular weight excluding hydrogens is 250 g/mol. The molecule has 7 heteroatoms. The first-order valence-corrected chi connectivity index (χ1v) is 6.11. The van der Waals surface area contributed by atoms with Gasteiger partial charge in [0.2, 0.25) is 0 Å². The van der Waals surface area contributed by atoms with E-state index in [1.165, 1.54) is 12.5 Å². The number of ether oxygens (including phenoxy) is 1. The van der Waals surface area contributed by atoms with Crippen LogP contribution >= 0.6 is 0 Å². The fourth-order valence-corrected chi connectivity index (χ4v) is 2.14. The molecule has 2 N–H and O–H groups in total. The van der Waals surface area contributed by atoms with Gasteiger partial charge in [0.05, 0.1) is 17.9 Å². The van der Waals surface area contributed by atoms with Crippen LogP contribution in [0.1, 0.15) is 23.3 Å². The fraction of sp³-hybridized carbons (Fsp3) is 0.583. The van der Waals surface area contributed by atoms with Gasteiger partial charge in [-0.2, -0.15) is 0 Å². The number of aryl methyl sites for hydroxylation is 1. The first kappa shape index (κ1) is 13.5. The summed E-state index contributed by atoms with van der Waals surface area (Å²) in [6, 6.07) is 0. The van der Waals surface area contributed by atoms with Gasteiger partial charge in [-0.25, -0.2) is 4.98 Å². The number of rotatable bonds is 4. The number of carboxylic acid groups (broad SMARTS) is 1. The second kappa shape index (κ2) is 5.40. The molecule has 2 rings (SSSR count). The van der Waals surface area contributed by atoms with Crippen LogP contribution in [0.2, 0.25) is 0 Å². The van der Waals surface area contributed by atoms with Crippen LogP contribution in [0.5, 0.6) is 0 Å². The van der Waals surface area contributed by atoms with Crippen LogP contribution < -0.4 is 5.32 Å². The molecule has 104 valence electrons. The fourth-order valence-electron chi connectivity index (χ4n) is 2.14. The van der Waals surface area contributed by atoms with E-state index in [-0.39, 0.29) is 12.5 Å². The summed E-state index contributed by atoms with van der Waals surface area (Å²) in [4.78, 5) is 27.2. The number of carboxylic acids is 1. The zero-order valence-electron chi connectivity index (χ0n) is 10.8. The number of carbonyl (C=O) groups excluding carboxylic acids is 1. The molecule has 0 atom stereocenters. The Morgan fingerprint density at radius 3 is 2.74 bits per heavy atom. The van der Waals surface area contributed by atoms with Crippen molar-refractivity contribution < 1.29 is 19.4 Å². The van der Waals surface area contributed by atoms with Crippen LogP contribution in [0, 0.1) is 5.41 Å². The number of hydrogen-bond donors (Lipinski definition) is 2. The van der Waals surface area contributed by atoms with Gasteiger partial charge in [0, 0.05) is 26.8 Å². The molecule has 1 aliphatic heterocycles. The Balaban J connectivity index is 2.02. The molecule has 0 aromatic carbocycles. The van der Waals surface area contributed by atoms with E-state index in [2.05, 4.69) is 10.3 Å². The van der Waals surface area contributed by atoms with Crippen LogP contribution in [-0.2, 0) is 16.6 Å². The first-order valence-electron chi connectivity index (χ1n) is 6.11. The Morgan fingerprint density at radius 1 is 1.53 bits per heavy atom. The van der Waals surface area contributed by atoms with Gasteiger partial charge in [-0.05, 0) is 12.8 Å². The summed E-state index contributed by atoms with van der Waals surface area (Å²) < 4.78 is 6.77. The normalized spacial score (nSPS) is 17.9. The number of imidazole rings is 1. The maximum absolute atomic E-state index is 11.9.